The van der Waals surface area contributed by atoms with Crippen molar-refractivity contribution >= 4 is 11.7 Å². The van der Waals surface area contributed by atoms with Gasteiger partial charge < -0.3 is 10.4 Å². The van der Waals surface area contributed by atoms with Crippen LogP contribution in [0.5, 0.6) is 0 Å². The van der Waals surface area contributed by atoms with E-state index in [2.05, 4.69) is 5.32 Å². The van der Waals surface area contributed by atoms with Crippen molar-refractivity contribution in [2.45, 2.75) is 19.3 Å². The second-order valence-corrected chi connectivity index (χ2v) is 4.93. The summed E-state index contributed by atoms with van der Waals surface area (Å²) in [5, 5.41) is 23.5. The SMILES string of the molecule is O=C(O)C1(Cc2ccccc2[N+](=O)[O-])CCCNC1. The number of piperidine rings is 1. The summed E-state index contributed by atoms with van der Waals surface area (Å²) in [7, 11) is 0. The number of hydrogen-bond donors (Lipinski definition) is 2. The topological polar surface area (TPSA) is 92.5 Å². The van der Waals surface area contributed by atoms with Gasteiger partial charge in [-0.05, 0) is 25.8 Å². The molecule has 1 aliphatic heterocycles. The molecule has 19 heavy (non-hydrogen) atoms. The number of benzene rings is 1. The fourth-order valence-electron chi connectivity index (χ4n) is 2.58. The van der Waals surface area contributed by atoms with E-state index in [-0.39, 0.29) is 12.1 Å². The number of aliphatic carboxylic acids is 1. The van der Waals surface area contributed by atoms with Crippen LogP contribution < -0.4 is 5.32 Å². The van der Waals surface area contributed by atoms with Gasteiger partial charge in [0.05, 0.1) is 10.3 Å². The first-order chi connectivity index (χ1) is 9.05. The molecule has 6 nitrogen and oxygen atoms in total. The minimum atomic E-state index is -0.940. The van der Waals surface area contributed by atoms with Crippen LogP contribution in [0.15, 0.2) is 24.3 Å². The first-order valence-corrected chi connectivity index (χ1v) is 6.22. The molecule has 0 aliphatic carbocycles. The standard InChI is InChI=1S/C13H16N2O4/c16-12(17)13(6-3-7-14-9-13)8-10-4-1-2-5-11(10)15(18)19/h1-2,4-5,14H,3,6-9H2,(H,16,17). The van der Waals surface area contributed by atoms with Crippen molar-refractivity contribution in [3.05, 3.63) is 39.9 Å². The van der Waals surface area contributed by atoms with Crippen LogP contribution in [0.4, 0.5) is 5.69 Å². The molecule has 0 saturated carbocycles. The first-order valence-electron chi connectivity index (χ1n) is 6.22. The lowest BCUT2D eigenvalue weighted by Crippen LogP contribution is -2.47. The number of nitrogens with one attached hydrogen (secondary N) is 1. The van der Waals surface area contributed by atoms with E-state index < -0.39 is 16.3 Å². The lowest BCUT2D eigenvalue weighted by atomic mass is 9.75. The highest BCUT2D eigenvalue weighted by Gasteiger charge is 2.41. The van der Waals surface area contributed by atoms with E-state index in [0.29, 0.717) is 18.5 Å². The van der Waals surface area contributed by atoms with Crippen LogP contribution in [0.1, 0.15) is 18.4 Å². The summed E-state index contributed by atoms with van der Waals surface area (Å²) in [5.41, 5.74) is -0.461. The Kier molecular flexibility index (Phi) is 3.80. The number of carboxylic acid groups (broad SMARTS) is 1. The lowest BCUT2D eigenvalue weighted by molar-refractivity contribution is -0.385. The molecule has 1 aromatic carbocycles. The molecule has 1 saturated heterocycles. The second kappa shape index (κ2) is 5.36. The van der Waals surface area contributed by atoms with Gasteiger partial charge in [-0.1, -0.05) is 18.2 Å². The summed E-state index contributed by atoms with van der Waals surface area (Å²) in [6.45, 7) is 1.15. The summed E-state index contributed by atoms with van der Waals surface area (Å²) < 4.78 is 0. The maximum atomic E-state index is 11.6. The third-order valence-electron chi connectivity index (χ3n) is 3.64. The molecule has 102 valence electrons. The minimum Gasteiger partial charge on any atom is -0.481 e. The average Bonchev–Trinajstić information content (AvgIpc) is 2.40. The third kappa shape index (κ3) is 2.73. The maximum absolute atomic E-state index is 11.6. The zero-order chi connectivity index (χ0) is 13.9. The molecular weight excluding hydrogens is 248 g/mol. The third-order valence-corrected chi connectivity index (χ3v) is 3.64. The van der Waals surface area contributed by atoms with Crippen molar-refractivity contribution in [1.82, 2.24) is 5.32 Å². The number of nitrogens with zero attached hydrogens (tertiary/aromatic N) is 1. The molecule has 1 aromatic rings. The lowest BCUT2D eigenvalue weighted by Gasteiger charge is -2.33. The first kappa shape index (κ1) is 13.5. The Labute approximate surface area is 110 Å². The number of rotatable bonds is 4. The van der Waals surface area contributed by atoms with Crippen LogP contribution in [0, 0.1) is 15.5 Å². The van der Waals surface area contributed by atoms with Gasteiger partial charge in [0, 0.05) is 18.2 Å². The Morgan fingerprint density at radius 3 is 2.79 bits per heavy atom. The molecule has 2 rings (SSSR count). The average molecular weight is 264 g/mol. The summed E-state index contributed by atoms with van der Waals surface area (Å²) in [6, 6.07) is 6.35. The van der Waals surface area contributed by atoms with E-state index in [1.807, 2.05) is 0 Å². The van der Waals surface area contributed by atoms with E-state index >= 15 is 0 Å². The predicted octanol–water partition coefficient (Wildman–Crippen LogP) is 1.59. The van der Waals surface area contributed by atoms with Gasteiger partial charge >= 0.3 is 5.97 Å². The van der Waals surface area contributed by atoms with E-state index in [4.69, 9.17) is 0 Å². The van der Waals surface area contributed by atoms with Crippen LogP contribution >= 0.6 is 0 Å². The molecule has 1 fully saturated rings. The van der Waals surface area contributed by atoms with Gasteiger partial charge in [-0.25, -0.2) is 0 Å². The largest absolute Gasteiger partial charge is 0.481 e. The van der Waals surface area contributed by atoms with Gasteiger partial charge in [0.2, 0.25) is 0 Å². The van der Waals surface area contributed by atoms with E-state index in [1.54, 1.807) is 18.2 Å². The van der Waals surface area contributed by atoms with E-state index in [1.165, 1.54) is 6.07 Å². The monoisotopic (exact) mass is 264 g/mol. The smallest absolute Gasteiger partial charge is 0.311 e. The Morgan fingerprint density at radius 1 is 1.47 bits per heavy atom. The van der Waals surface area contributed by atoms with Crippen molar-refractivity contribution in [2.75, 3.05) is 13.1 Å². The minimum absolute atomic E-state index is 0.00583. The molecule has 1 atom stereocenters. The van der Waals surface area contributed by atoms with Crippen LogP contribution in [-0.2, 0) is 11.2 Å². The van der Waals surface area contributed by atoms with Crippen molar-refractivity contribution < 1.29 is 14.8 Å². The number of nitro benzene ring substituents is 1. The molecule has 0 amide bonds. The van der Waals surface area contributed by atoms with Gasteiger partial charge in [0.25, 0.3) is 5.69 Å². The van der Waals surface area contributed by atoms with Gasteiger partial charge in [0.15, 0.2) is 0 Å². The molecule has 1 unspecified atom stereocenters. The maximum Gasteiger partial charge on any atom is 0.311 e. The van der Waals surface area contributed by atoms with Gasteiger partial charge in [0.1, 0.15) is 0 Å². The molecule has 0 aromatic heterocycles. The molecule has 1 aliphatic rings. The van der Waals surface area contributed by atoms with Gasteiger partial charge in [-0.15, -0.1) is 0 Å². The summed E-state index contributed by atoms with van der Waals surface area (Å²) in [6.07, 6.45) is 1.50. The quantitative estimate of drug-likeness (QED) is 0.636. The number of carbonyl (C=O) groups is 1. The molecule has 2 N–H and O–H groups in total. The number of para-hydroxylation sites is 1. The van der Waals surface area contributed by atoms with Crippen LogP contribution in [0.2, 0.25) is 0 Å². The van der Waals surface area contributed by atoms with E-state index in [0.717, 1.165) is 13.0 Å². The van der Waals surface area contributed by atoms with Crippen LogP contribution in [0.3, 0.4) is 0 Å². The van der Waals surface area contributed by atoms with E-state index in [9.17, 15) is 20.0 Å². The molecule has 0 spiro atoms. The zero-order valence-electron chi connectivity index (χ0n) is 10.5. The van der Waals surface area contributed by atoms with Gasteiger partial charge in [-0.2, -0.15) is 0 Å². The summed E-state index contributed by atoms with van der Waals surface area (Å²) >= 11 is 0. The highest BCUT2D eigenvalue weighted by atomic mass is 16.6. The molecule has 6 heteroatoms. The second-order valence-electron chi connectivity index (χ2n) is 4.93. The number of hydrogen-bond acceptors (Lipinski definition) is 4. The molecule has 0 radical (unpaired) electrons. The normalized spacial score (nSPS) is 22.9. The fourth-order valence-corrected chi connectivity index (χ4v) is 2.58. The highest BCUT2D eigenvalue weighted by molar-refractivity contribution is 5.76. The summed E-state index contributed by atoms with van der Waals surface area (Å²) in [4.78, 5) is 22.1. The predicted molar refractivity (Wildman–Crippen MR) is 69.0 cm³/mol. The van der Waals surface area contributed by atoms with Crippen molar-refractivity contribution in [2.24, 2.45) is 5.41 Å². The van der Waals surface area contributed by atoms with Crippen molar-refractivity contribution in [3.8, 4) is 0 Å². The van der Waals surface area contributed by atoms with Gasteiger partial charge in [-0.3, -0.25) is 14.9 Å². The highest BCUT2D eigenvalue weighted by Crippen LogP contribution is 2.33. The Hall–Kier alpha value is -1.95. The Bertz CT molecular complexity index is 495. The van der Waals surface area contributed by atoms with Crippen molar-refractivity contribution in [1.29, 1.82) is 0 Å². The van der Waals surface area contributed by atoms with Crippen LogP contribution in [0.25, 0.3) is 0 Å². The fraction of sp³-hybridized carbons (Fsp3) is 0.462. The Morgan fingerprint density at radius 2 is 2.21 bits per heavy atom. The molecular formula is C13H16N2O4. The number of carboxylic acids is 1. The molecule has 1 heterocycles. The molecule has 0 bridgehead atoms. The number of nitro groups is 1. The Balaban J connectivity index is 2.32. The van der Waals surface area contributed by atoms with Crippen LogP contribution in [-0.4, -0.2) is 29.1 Å². The zero-order valence-corrected chi connectivity index (χ0v) is 10.5. The van der Waals surface area contributed by atoms with Crippen molar-refractivity contribution in [3.63, 3.8) is 0 Å². The summed E-state index contributed by atoms with van der Waals surface area (Å²) in [5.74, 6) is -0.891.